The lowest BCUT2D eigenvalue weighted by atomic mass is 9.98. The molecule has 31 heavy (non-hydrogen) atoms. The average Bonchev–Trinajstić information content (AvgIpc) is 2.78. The minimum Gasteiger partial charge on any atom is -0.423 e. The van der Waals surface area contributed by atoms with Crippen molar-refractivity contribution >= 4 is 27.6 Å². The first kappa shape index (κ1) is 18.9. The van der Waals surface area contributed by atoms with Gasteiger partial charge >= 0.3 is 11.3 Å². The lowest BCUT2D eigenvalue weighted by Gasteiger charge is -2.13. The highest BCUT2D eigenvalue weighted by Crippen LogP contribution is 2.32. The van der Waals surface area contributed by atoms with Gasteiger partial charge in [-0.15, -0.1) is 0 Å². The lowest BCUT2D eigenvalue weighted by Crippen LogP contribution is -2.08. The van der Waals surface area contributed by atoms with Crippen molar-refractivity contribution in [1.82, 2.24) is 0 Å². The van der Waals surface area contributed by atoms with Crippen molar-refractivity contribution in [3.05, 3.63) is 99.7 Å². The summed E-state index contributed by atoms with van der Waals surface area (Å²) in [4.78, 5) is 26.8. The van der Waals surface area contributed by atoms with Gasteiger partial charge in [-0.05, 0) is 53.1 Å². The molecule has 0 saturated heterocycles. The van der Waals surface area contributed by atoms with Crippen LogP contribution in [-0.4, -0.2) is 14.1 Å². The van der Waals surface area contributed by atoms with E-state index in [9.17, 15) is 9.59 Å². The van der Waals surface area contributed by atoms with Crippen molar-refractivity contribution in [2.24, 2.45) is 0 Å². The van der Waals surface area contributed by atoms with Gasteiger partial charge in [0.05, 0.1) is 5.56 Å². The van der Waals surface area contributed by atoms with Gasteiger partial charge in [-0.25, -0.2) is 9.59 Å². The molecule has 5 rings (SSSR count). The largest absolute Gasteiger partial charge is 0.423 e. The molecule has 5 heteroatoms. The van der Waals surface area contributed by atoms with Crippen molar-refractivity contribution in [3.63, 3.8) is 0 Å². The summed E-state index contributed by atoms with van der Waals surface area (Å²) in [7, 11) is 3.95. The number of fused-ring (bicyclic) bond motifs is 2. The van der Waals surface area contributed by atoms with Crippen LogP contribution in [-0.2, 0) is 0 Å². The van der Waals surface area contributed by atoms with Crippen LogP contribution in [0.4, 0.5) is 5.69 Å². The molecule has 0 aliphatic heterocycles. The van der Waals surface area contributed by atoms with Gasteiger partial charge < -0.3 is 13.7 Å². The Balaban J connectivity index is 1.72. The molecule has 5 aromatic rings. The number of benzene rings is 3. The highest BCUT2D eigenvalue weighted by molar-refractivity contribution is 5.96. The van der Waals surface area contributed by atoms with Crippen molar-refractivity contribution in [1.29, 1.82) is 0 Å². The predicted octanol–water partition coefficient (Wildman–Crippen LogP) is 5.30. The quantitative estimate of drug-likeness (QED) is 0.379. The summed E-state index contributed by atoms with van der Waals surface area (Å²) in [6.45, 7) is 0. The first-order valence-corrected chi connectivity index (χ1v) is 9.88. The van der Waals surface area contributed by atoms with E-state index in [0.29, 0.717) is 22.3 Å². The van der Waals surface area contributed by atoms with Crippen molar-refractivity contribution in [3.8, 4) is 22.3 Å². The maximum Gasteiger partial charge on any atom is 0.344 e. The van der Waals surface area contributed by atoms with Crippen molar-refractivity contribution in [2.45, 2.75) is 0 Å². The van der Waals surface area contributed by atoms with E-state index in [0.717, 1.165) is 27.6 Å². The number of rotatable bonds is 3. The van der Waals surface area contributed by atoms with Crippen molar-refractivity contribution in [2.75, 3.05) is 19.0 Å². The molecule has 0 aliphatic rings. The van der Waals surface area contributed by atoms with E-state index in [2.05, 4.69) is 0 Å². The van der Waals surface area contributed by atoms with Crippen molar-refractivity contribution < 1.29 is 8.83 Å². The second-order valence-electron chi connectivity index (χ2n) is 7.62. The number of hydrogen-bond acceptors (Lipinski definition) is 5. The Hall–Kier alpha value is -4.12. The number of nitrogens with zero attached hydrogens (tertiary/aromatic N) is 1. The van der Waals surface area contributed by atoms with Gasteiger partial charge in [0.2, 0.25) is 0 Å². The van der Waals surface area contributed by atoms with E-state index in [1.165, 1.54) is 6.07 Å². The summed E-state index contributed by atoms with van der Waals surface area (Å²) in [5.74, 6) is 0. The van der Waals surface area contributed by atoms with Gasteiger partial charge in [0.25, 0.3) is 0 Å². The molecular weight excluding hydrogens is 390 g/mol. The van der Waals surface area contributed by atoms with E-state index >= 15 is 0 Å². The van der Waals surface area contributed by atoms with Gasteiger partial charge in [0.15, 0.2) is 0 Å². The third-order valence-corrected chi connectivity index (χ3v) is 5.39. The van der Waals surface area contributed by atoms with Gasteiger partial charge in [-0.1, -0.05) is 36.4 Å². The van der Waals surface area contributed by atoms with Gasteiger partial charge in [0.1, 0.15) is 11.2 Å². The van der Waals surface area contributed by atoms with Crippen LogP contribution in [0.1, 0.15) is 0 Å². The zero-order chi connectivity index (χ0) is 21.5. The molecular formula is C26H19NO4. The average molecular weight is 409 g/mol. The fraction of sp³-hybridized carbons (Fsp3) is 0.0769. The maximum absolute atomic E-state index is 12.6. The van der Waals surface area contributed by atoms with Crippen LogP contribution in [0.5, 0.6) is 0 Å². The topological polar surface area (TPSA) is 63.7 Å². The highest BCUT2D eigenvalue weighted by atomic mass is 16.4. The van der Waals surface area contributed by atoms with E-state index in [1.54, 1.807) is 18.2 Å². The second kappa shape index (κ2) is 7.29. The zero-order valence-corrected chi connectivity index (χ0v) is 17.1. The Morgan fingerprint density at radius 3 is 2.19 bits per heavy atom. The standard InChI is InChI=1S/C26H19NO4/c1-27(2)19-10-7-16(8-11-19)20-15-25(28)30-24-12-9-17(13-22(20)24)21-14-18-5-3-4-6-23(18)31-26(21)29/h3-15H,1-2H3. The Morgan fingerprint density at radius 2 is 1.42 bits per heavy atom. The molecule has 0 aliphatic carbocycles. The normalized spacial score (nSPS) is 11.2. The molecule has 2 heterocycles. The van der Waals surface area contributed by atoms with Crippen LogP contribution >= 0.6 is 0 Å². The molecule has 0 amide bonds. The SMILES string of the molecule is CN(C)c1ccc(-c2cc(=O)oc3ccc(-c4cc5ccccc5oc4=O)cc23)cc1. The maximum atomic E-state index is 12.6. The summed E-state index contributed by atoms with van der Waals surface area (Å²) in [6.07, 6.45) is 0. The first-order chi connectivity index (χ1) is 15.0. The summed E-state index contributed by atoms with van der Waals surface area (Å²) in [5.41, 5.74) is 4.05. The minimum atomic E-state index is -0.419. The second-order valence-corrected chi connectivity index (χ2v) is 7.62. The molecule has 3 aromatic carbocycles. The Bertz CT molecular complexity index is 1540. The van der Waals surface area contributed by atoms with Crippen LogP contribution in [0.3, 0.4) is 0 Å². The van der Waals surface area contributed by atoms with Crippen LogP contribution < -0.4 is 16.2 Å². The summed E-state index contributed by atoms with van der Waals surface area (Å²) < 4.78 is 10.9. The molecule has 152 valence electrons. The monoisotopic (exact) mass is 409 g/mol. The van der Waals surface area contributed by atoms with Gasteiger partial charge in [-0.3, -0.25) is 0 Å². The predicted molar refractivity (Wildman–Crippen MR) is 124 cm³/mol. The fourth-order valence-corrected chi connectivity index (χ4v) is 3.77. The number of hydrogen-bond donors (Lipinski definition) is 0. The van der Waals surface area contributed by atoms with E-state index in [-0.39, 0.29) is 0 Å². The molecule has 0 N–H and O–H groups in total. The summed E-state index contributed by atoms with van der Waals surface area (Å²) in [6, 6.07) is 24.0. The first-order valence-electron chi connectivity index (χ1n) is 9.88. The molecule has 0 spiro atoms. The highest BCUT2D eigenvalue weighted by Gasteiger charge is 2.13. The number of anilines is 1. The third-order valence-electron chi connectivity index (χ3n) is 5.39. The fourth-order valence-electron chi connectivity index (χ4n) is 3.77. The molecule has 5 nitrogen and oxygen atoms in total. The van der Waals surface area contributed by atoms with Crippen LogP contribution in [0.15, 0.2) is 97.3 Å². The Labute approximate surface area is 177 Å². The van der Waals surface area contributed by atoms with E-state index in [4.69, 9.17) is 8.83 Å². The van der Waals surface area contributed by atoms with Crippen LogP contribution in [0.2, 0.25) is 0 Å². The molecule has 0 atom stereocenters. The van der Waals surface area contributed by atoms with Gasteiger partial charge in [0, 0.05) is 36.6 Å². The zero-order valence-electron chi connectivity index (χ0n) is 17.1. The van der Waals surface area contributed by atoms with Crippen LogP contribution in [0.25, 0.3) is 44.2 Å². The Morgan fingerprint density at radius 1 is 0.677 bits per heavy atom. The molecule has 0 bridgehead atoms. The lowest BCUT2D eigenvalue weighted by molar-refractivity contribution is 0.561. The van der Waals surface area contributed by atoms with E-state index in [1.807, 2.05) is 73.6 Å². The molecule has 0 radical (unpaired) electrons. The van der Waals surface area contributed by atoms with Crippen LogP contribution in [0, 0.1) is 0 Å². The van der Waals surface area contributed by atoms with Gasteiger partial charge in [-0.2, -0.15) is 0 Å². The molecule has 0 unspecified atom stereocenters. The smallest absolute Gasteiger partial charge is 0.344 e. The third kappa shape index (κ3) is 3.40. The Kier molecular flexibility index (Phi) is 4.44. The van der Waals surface area contributed by atoms with E-state index < -0.39 is 11.3 Å². The number of para-hydroxylation sites is 1. The molecule has 0 fully saturated rings. The molecule has 0 saturated carbocycles. The minimum absolute atomic E-state index is 0.410. The molecule has 2 aromatic heterocycles. The summed E-state index contributed by atoms with van der Waals surface area (Å²) >= 11 is 0. The summed E-state index contributed by atoms with van der Waals surface area (Å²) in [5, 5.41) is 1.60.